The molecule has 1 amide bonds. The number of para-hydroxylation sites is 1. The molecule has 0 aliphatic heterocycles. The van der Waals surface area contributed by atoms with Crippen molar-refractivity contribution < 1.29 is 14.3 Å². The molecule has 1 unspecified atom stereocenters. The van der Waals surface area contributed by atoms with E-state index in [9.17, 15) is 4.79 Å². The van der Waals surface area contributed by atoms with Gasteiger partial charge in [-0.2, -0.15) is 0 Å². The number of carbonyl (C=O) groups excluding carboxylic acids is 1. The van der Waals surface area contributed by atoms with E-state index < -0.39 is 6.29 Å². The highest BCUT2D eigenvalue weighted by Gasteiger charge is 2.20. The normalized spacial score (nSPS) is 12.2. The number of methoxy groups -OCH3 is 2. The summed E-state index contributed by atoms with van der Waals surface area (Å²) in [7, 11) is 3.10. The summed E-state index contributed by atoms with van der Waals surface area (Å²) in [6.07, 6.45) is 0.539. The van der Waals surface area contributed by atoms with Crippen molar-refractivity contribution in [2.24, 2.45) is 0 Å². The molecule has 0 fully saturated rings. The lowest BCUT2D eigenvalue weighted by atomic mass is 10.1. The van der Waals surface area contributed by atoms with Crippen molar-refractivity contribution >= 4 is 11.6 Å². The van der Waals surface area contributed by atoms with Crippen molar-refractivity contribution in [1.29, 1.82) is 0 Å². The summed E-state index contributed by atoms with van der Waals surface area (Å²) in [4.78, 5) is 12.3. The number of nitrogens with one attached hydrogen (secondary N) is 2. The zero-order valence-electron chi connectivity index (χ0n) is 12.6. The molecule has 2 N–H and O–H groups in total. The van der Waals surface area contributed by atoms with Crippen LogP contribution in [0.15, 0.2) is 24.3 Å². The van der Waals surface area contributed by atoms with E-state index in [1.165, 1.54) is 0 Å². The first-order chi connectivity index (χ1) is 9.63. The van der Waals surface area contributed by atoms with E-state index in [1.54, 1.807) is 20.3 Å². The molecule has 0 aliphatic rings. The van der Waals surface area contributed by atoms with E-state index in [0.717, 1.165) is 18.7 Å². The molecule has 1 atom stereocenters. The van der Waals surface area contributed by atoms with Gasteiger partial charge in [-0.15, -0.1) is 0 Å². The van der Waals surface area contributed by atoms with E-state index in [-0.39, 0.29) is 11.9 Å². The predicted octanol–water partition coefficient (Wildman–Crippen LogP) is 2.25. The first-order valence-corrected chi connectivity index (χ1v) is 6.83. The average molecular weight is 280 g/mol. The number of rotatable bonds is 8. The Labute approximate surface area is 120 Å². The van der Waals surface area contributed by atoms with Crippen LogP contribution in [0.4, 0.5) is 5.69 Å². The van der Waals surface area contributed by atoms with Gasteiger partial charge in [0.15, 0.2) is 6.29 Å². The maximum Gasteiger partial charge on any atom is 0.253 e. The molecule has 0 aromatic heterocycles. The van der Waals surface area contributed by atoms with Crippen LogP contribution in [0.5, 0.6) is 0 Å². The quantitative estimate of drug-likeness (QED) is 0.717. The Kier molecular flexibility index (Phi) is 7.04. The second-order valence-corrected chi connectivity index (χ2v) is 4.57. The summed E-state index contributed by atoms with van der Waals surface area (Å²) in [6.45, 7) is 4.76. The average Bonchev–Trinajstić information content (AvgIpc) is 2.46. The lowest BCUT2D eigenvalue weighted by molar-refractivity contribution is -0.117. The number of hydrogen-bond donors (Lipinski definition) is 2. The van der Waals surface area contributed by atoms with Crippen LogP contribution in [0.1, 0.15) is 30.6 Å². The van der Waals surface area contributed by atoms with E-state index >= 15 is 0 Å². The van der Waals surface area contributed by atoms with Gasteiger partial charge in [-0.1, -0.05) is 19.1 Å². The fourth-order valence-corrected chi connectivity index (χ4v) is 1.95. The molecule has 0 aliphatic carbocycles. The predicted molar refractivity (Wildman–Crippen MR) is 80.0 cm³/mol. The van der Waals surface area contributed by atoms with Crippen LogP contribution in [0, 0.1) is 0 Å². The Morgan fingerprint density at radius 2 is 1.90 bits per heavy atom. The molecule has 0 radical (unpaired) electrons. The minimum atomic E-state index is -0.463. The lowest BCUT2D eigenvalue weighted by Gasteiger charge is -2.22. The highest BCUT2D eigenvalue weighted by Crippen LogP contribution is 2.15. The zero-order chi connectivity index (χ0) is 15.0. The summed E-state index contributed by atoms with van der Waals surface area (Å²) in [5.74, 6) is -0.143. The first-order valence-electron chi connectivity index (χ1n) is 6.83. The number of hydrogen-bond acceptors (Lipinski definition) is 4. The Bertz CT molecular complexity index is 419. The van der Waals surface area contributed by atoms with Gasteiger partial charge in [-0.25, -0.2) is 0 Å². The van der Waals surface area contributed by atoms with E-state index in [1.807, 2.05) is 25.1 Å². The van der Waals surface area contributed by atoms with E-state index in [0.29, 0.717) is 5.56 Å². The van der Waals surface area contributed by atoms with Gasteiger partial charge in [0.1, 0.15) is 0 Å². The third-order valence-corrected chi connectivity index (χ3v) is 2.97. The Morgan fingerprint density at radius 1 is 1.25 bits per heavy atom. The highest BCUT2D eigenvalue weighted by atomic mass is 16.7. The van der Waals surface area contributed by atoms with Gasteiger partial charge in [0.25, 0.3) is 5.91 Å². The third-order valence-electron chi connectivity index (χ3n) is 2.97. The van der Waals surface area contributed by atoms with Crippen LogP contribution < -0.4 is 10.6 Å². The van der Waals surface area contributed by atoms with Crippen LogP contribution >= 0.6 is 0 Å². The molecule has 112 valence electrons. The molecule has 0 heterocycles. The lowest BCUT2D eigenvalue weighted by Crippen LogP contribution is -2.43. The SMILES string of the molecule is CCCNc1ccccc1C(=O)NC(C)C(OC)OC. The van der Waals surface area contributed by atoms with Gasteiger partial charge in [-0.05, 0) is 25.5 Å². The van der Waals surface area contributed by atoms with E-state index in [2.05, 4.69) is 17.6 Å². The third kappa shape index (κ3) is 4.51. The Balaban J connectivity index is 2.76. The van der Waals surface area contributed by atoms with Crippen molar-refractivity contribution in [3.8, 4) is 0 Å². The molecule has 0 spiro atoms. The molecule has 5 nitrogen and oxygen atoms in total. The molecule has 1 aromatic rings. The second-order valence-electron chi connectivity index (χ2n) is 4.57. The van der Waals surface area contributed by atoms with Gasteiger partial charge in [0.05, 0.1) is 11.6 Å². The van der Waals surface area contributed by atoms with Crippen molar-refractivity contribution in [2.45, 2.75) is 32.6 Å². The number of amides is 1. The standard InChI is InChI=1S/C15H24N2O3/c1-5-10-16-13-9-7-6-8-12(13)14(18)17-11(2)15(19-3)20-4/h6-9,11,15-16H,5,10H2,1-4H3,(H,17,18). The van der Waals surface area contributed by atoms with Gasteiger partial charge >= 0.3 is 0 Å². The van der Waals surface area contributed by atoms with Crippen molar-refractivity contribution in [1.82, 2.24) is 5.32 Å². The zero-order valence-corrected chi connectivity index (χ0v) is 12.6. The number of anilines is 1. The van der Waals surface area contributed by atoms with Crippen molar-refractivity contribution in [3.63, 3.8) is 0 Å². The molecule has 5 heteroatoms. The maximum atomic E-state index is 12.3. The van der Waals surface area contributed by atoms with Gasteiger partial charge in [-0.3, -0.25) is 4.79 Å². The topological polar surface area (TPSA) is 59.6 Å². The minimum absolute atomic E-state index is 0.143. The molecular weight excluding hydrogens is 256 g/mol. The first kappa shape index (κ1) is 16.5. The Morgan fingerprint density at radius 3 is 2.50 bits per heavy atom. The van der Waals surface area contributed by atoms with Crippen LogP contribution in [-0.2, 0) is 9.47 Å². The number of ether oxygens (including phenoxy) is 2. The second kappa shape index (κ2) is 8.55. The largest absolute Gasteiger partial charge is 0.384 e. The summed E-state index contributed by atoms with van der Waals surface area (Å²) < 4.78 is 10.3. The number of benzene rings is 1. The monoisotopic (exact) mass is 280 g/mol. The smallest absolute Gasteiger partial charge is 0.253 e. The summed E-state index contributed by atoms with van der Waals surface area (Å²) in [5, 5.41) is 6.14. The van der Waals surface area contributed by atoms with Crippen molar-refractivity contribution in [3.05, 3.63) is 29.8 Å². The highest BCUT2D eigenvalue weighted by molar-refractivity contribution is 5.99. The Hall–Kier alpha value is -1.59. The van der Waals surface area contributed by atoms with Crippen molar-refractivity contribution in [2.75, 3.05) is 26.1 Å². The summed E-state index contributed by atoms with van der Waals surface area (Å²) in [6, 6.07) is 7.22. The van der Waals surface area contributed by atoms with Crippen LogP contribution in [0.2, 0.25) is 0 Å². The van der Waals surface area contributed by atoms with Crippen LogP contribution in [0.25, 0.3) is 0 Å². The van der Waals surface area contributed by atoms with Crippen LogP contribution in [0.3, 0.4) is 0 Å². The van der Waals surface area contributed by atoms with Gasteiger partial charge in [0.2, 0.25) is 0 Å². The molecule has 20 heavy (non-hydrogen) atoms. The fourth-order valence-electron chi connectivity index (χ4n) is 1.95. The van der Waals surface area contributed by atoms with E-state index in [4.69, 9.17) is 9.47 Å². The fraction of sp³-hybridized carbons (Fsp3) is 0.533. The molecule has 0 bridgehead atoms. The van der Waals surface area contributed by atoms with Gasteiger partial charge < -0.3 is 20.1 Å². The number of carbonyl (C=O) groups is 1. The molecule has 0 saturated carbocycles. The summed E-state index contributed by atoms with van der Waals surface area (Å²) >= 11 is 0. The van der Waals surface area contributed by atoms with Gasteiger partial charge in [0, 0.05) is 26.5 Å². The molecule has 1 aromatic carbocycles. The molecular formula is C15H24N2O3. The molecule has 1 rings (SSSR count). The van der Waals surface area contributed by atoms with Crippen LogP contribution in [-0.4, -0.2) is 39.0 Å². The summed E-state index contributed by atoms with van der Waals surface area (Å²) in [5.41, 5.74) is 1.46. The molecule has 0 saturated heterocycles. The maximum absolute atomic E-state index is 12.3. The minimum Gasteiger partial charge on any atom is -0.384 e.